The summed E-state index contributed by atoms with van der Waals surface area (Å²) in [5.74, 6) is 0.455. The second-order valence-electron chi connectivity index (χ2n) is 6.54. The highest BCUT2D eigenvalue weighted by atomic mass is 16.5. The molecule has 2 aromatic carbocycles. The van der Waals surface area contributed by atoms with Gasteiger partial charge in [-0.25, -0.2) is 0 Å². The molecule has 0 radical (unpaired) electrons. The lowest BCUT2D eigenvalue weighted by Gasteiger charge is -2.15. The molecular formula is C21H19N3O3. The minimum atomic E-state index is -0.185. The van der Waals surface area contributed by atoms with Crippen LogP contribution in [0.1, 0.15) is 18.2 Å². The van der Waals surface area contributed by atoms with Gasteiger partial charge >= 0.3 is 0 Å². The summed E-state index contributed by atoms with van der Waals surface area (Å²) in [6.45, 7) is 2.23. The van der Waals surface area contributed by atoms with Crippen molar-refractivity contribution in [2.75, 3.05) is 16.8 Å². The van der Waals surface area contributed by atoms with Crippen molar-refractivity contribution in [3.63, 3.8) is 0 Å². The third-order valence-electron chi connectivity index (χ3n) is 4.60. The number of benzene rings is 2. The van der Waals surface area contributed by atoms with Gasteiger partial charge in [0, 0.05) is 36.5 Å². The lowest BCUT2D eigenvalue weighted by molar-refractivity contribution is -0.116. The van der Waals surface area contributed by atoms with E-state index in [0.717, 1.165) is 23.2 Å². The second-order valence-corrected chi connectivity index (χ2v) is 6.54. The maximum Gasteiger partial charge on any atom is 0.230 e. The van der Waals surface area contributed by atoms with Crippen LogP contribution in [-0.2, 0) is 22.4 Å². The highest BCUT2D eigenvalue weighted by Crippen LogP contribution is 2.31. The molecule has 0 bridgehead atoms. The minimum Gasteiger partial charge on any atom is -0.356 e. The van der Waals surface area contributed by atoms with Crippen LogP contribution in [0.4, 0.5) is 11.4 Å². The zero-order chi connectivity index (χ0) is 18.8. The van der Waals surface area contributed by atoms with Gasteiger partial charge in [-0.3, -0.25) is 9.59 Å². The Balaban J connectivity index is 1.44. The fraction of sp³-hybridized carbons (Fsp3) is 0.190. The molecule has 2 heterocycles. The number of hydrogen-bond acceptors (Lipinski definition) is 4. The van der Waals surface area contributed by atoms with Crippen LogP contribution in [0.5, 0.6) is 0 Å². The van der Waals surface area contributed by atoms with E-state index in [4.69, 9.17) is 4.52 Å². The Labute approximate surface area is 156 Å². The second kappa shape index (κ2) is 7.07. The first-order chi connectivity index (χ1) is 13.1. The Morgan fingerprint density at radius 1 is 1.15 bits per heavy atom. The minimum absolute atomic E-state index is 0.00765. The molecule has 136 valence electrons. The van der Waals surface area contributed by atoms with E-state index < -0.39 is 0 Å². The first kappa shape index (κ1) is 17.0. The average molecular weight is 361 g/mol. The number of nitrogens with one attached hydrogen (secondary N) is 1. The van der Waals surface area contributed by atoms with E-state index in [1.165, 1.54) is 0 Å². The van der Waals surface area contributed by atoms with Crippen molar-refractivity contribution in [3.05, 3.63) is 65.9 Å². The predicted octanol–water partition coefficient (Wildman–Crippen LogP) is 3.43. The molecular weight excluding hydrogens is 342 g/mol. The summed E-state index contributed by atoms with van der Waals surface area (Å²) in [4.78, 5) is 25.8. The summed E-state index contributed by atoms with van der Waals surface area (Å²) in [5.41, 5.74) is 4.14. The number of aromatic nitrogens is 1. The van der Waals surface area contributed by atoms with Crippen molar-refractivity contribution in [1.29, 1.82) is 0 Å². The fourth-order valence-corrected chi connectivity index (χ4v) is 3.29. The molecule has 0 saturated heterocycles. The van der Waals surface area contributed by atoms with Gasteiger partial charge in [0.15, 0.2) is 5.76 Å². The zero-order valence-electron chi connectivity index (χ0n) is 14.9. The van der Waals surface area contributed by atoms with Crippen LogP contribution in [0.3, 0.4) is 0 Å². The van der Waals surface area contributed by atoms with Gasteiger partial charge in [-0.15, -0.1) is 0 Å². The molecule has 0 unspecified atom stereocenters. The number of nitrogens with zero attached hydrogens (tertiary/aromatic N) is 2. The van der Waals surface area contributed by atoms with Crippen LogP contribution in [-0.4, -0.2) is 23.5 Å². The number of amides is 2. The lowest BCUT2D eigenvalue weighted by atomic mass is 10.1. The molecule has 4 rings (SSSR count). The molecule has 1 aliphatic rings. The molecule has 6 nitrogen and oxygen atoms in total. The molecule has 2 amide bonds. The lowest BCUT2D eigenvalue weighted by Crippen LogP contribution is -2.25. The SMILES string of the molecule is CC(=O)N1CCc2ccc(NC(=O)Cc3cc(-c4ccccc4)on3)cc21. The Bertz CT molecular complexity index is 995. The van der Waals surface area contributed by atoms with Gasteiger partial charge in [0.2, 0.25) is 11.8 Å². The molecule has 0 spiro atoms. The highest BCUT2D eigenvalue weighted by molar-refractivity contribution is 5.96. The van der Waals surface area contributed by atoms with Gasteiger partial charge < -0.3 is 14.7 Å². The van der Waals surface area contributed by atoms with E-state index in [2.05, 4.69) is 10.5 Å². The predicted molar refractivity (Wildman–Crippen MR) is 102 cm³/mol. The number of rotatable bonds is 4. The average Bonchev–Trinajstić information content (AvgIpc) is 3.29. The molecule has 0 aliphatic carbocycles. The van der Waals surface area contributed by atoms with Crippen LogP contribution in [0.2, 0.25) is 0 Å². The molecule has 6 heteroatoms. The topological polar surface area (TPSA) is 75.4 Å². The van der Waals surface area contributed by atoms with Crippen molar-refractivity contribution < 1.29 is 14.1 Å². The van der Waals surface area contributed by atoms with Crippen molar-refractivity contribution in [2.24, 2.45) is 0 Å². The summed E-state index contributed by atoms with van der Waals surface area (Å²) < 4.78 is 5.33. The van der Waals surface area contributed by atoms with Crippen LogP contribution < -0.4 is 10.2 Å². The molecule has 3 aromatic rings. The quantitative estimate of drug-likeness (QED) is 0.772. The van der Waals surface area contributed by atoms with Crippen molar-refractivity contribution >= 4 is 23.2 Å². The molecule has 0 fully saturated rings. The summed E-state index contributed by atoms with van der Waals surface area (Å²) in [7, 11) is 0. The molecule has 27 heavy (non-hydrogen) atoms. The molecule has 0 atom stereocenters. The highest BCUT2D eigenvalue weighted by Gasteiger charge is 2.22. The third-order valence-corrected chi connectivity index (χ3v) is 4.60. The Kier molecular flexibility index (Phi) is 4.46. The molecule has 1 aromatic heterocycles. The van der Waals surface area contributed by atoms with E-state index in [0.29, 0.717) is 23.7 Å². The van der Waals surface area contributed by atoms with Gasteiger partial charge in [0.25, 0.3) is 0 Å². The normalized spacial score (nSPS) is 12.7. The van der Waals surface area contributed by atoms with Crippen molar-refractivity contribution in [1.82, 2.24) is 5.16 Å². The maximum atomic E-state index is 12.4. The number of carbonyl (C=O) groups excluding carboxylic acids is 2. The largest absolute Gasteiger partial charge is 0.356 e. The van der Waals surface area contributed by atoms with Crippen molar-refractivity contribution in [2.45, 2.75) is 19.8 Å². The van der Waals surface area contributed by atoms with Crippen molar-refractivity contribution in [3.8, 4) is 11.3 Å². The molecule has 1 aliphatic heterocycles. The number of fused-ring (bicyclic) bond motifs is 1. The molecule has 1 N–H and O–H groups in total. The Hall–Kier alpha value is -3.41. The standard InChI is InChI=1S/C21H19N3O3/c1-14(25)24-10-9-15-7-8-17(11-19(15)24)22-21(26)13-18-12-20(27-23-18)16-5-3-2-4-6-16/h2-8,11-12H,9-10,13H2,1H3,(H,22,26). The van der Waals surface area contributed by atoms with Crippen LogP contribution in [0.25, 0.3) is 11.3 Å². The summed E-state index contributed by atoms with van der Waals surface area (Å²) in [6, 6.07) is 17.1. The Morgan fingerprint density at radius 2 is 1.96 bits per heavy atom. The number of anilines is 2. The first-order valence-corrected chi connectivity index (χ1v) is 8.82. The third kappa shape index (κ3) is 3.60. The molecule has 0 saturated carbocycles. The van der Waals surface area contributed by atoms with Crippen LogP contribution in [0, 0.1) is 0 Å². The first-order valence-electron chi connectivity index (χ1n) is 8.82. The van der Waals surface area contributed by atoms with Gasteiger partial charge in [0.05, 0.1) is 12.1 Å². The van der Waals surface area contributed by atoms with Crippen LogP contribution >= 0.6 is 0 Å². The summed E-state index contributed by atoms with van der Waals surface area (Å²) in [5, 5.41) is 6.85. The maximum absolute atomic E-state index is 12.4. The van der Waals surface area contributed by atoms with Crippen LogP contribution in [0.15, 0.2) is 59.1 Å². The monoisotopic (exact) mass is 361 g/mol. The van der Waals surface area contributed by atoms with Gasteiger partial charge in [-0.2, -0.15) is 0 Å². The Morgan fingerprint density at radius 3 is 2.74 bits per heavy atom. The van der Waals surface area contributed by atoms with E-state index in [1.54, 1.807) is 17.9 Å². The van der Waals surface area contributed by atoms with Gasteiger partial charge in [-0.05, 0) is 24.1 Å². The van der Waals surface area contributed by atoms with Gasteiger partial charge in [0.1, 0.15) is 0 Å². The smallest absolute Gasteiger partial charge is 0.230 e. The zero-order valence-corrected chi connectivity index (χ0v) is 14.9. The van der Waals surface area contributed by atoms with Gasteiger partial charge in [-0.1, -0.05) is 41.6 Å². The number of hydrogen-bond donors (Lipinski definition) is 1. The van der Waals surface area contributed by atoms with E-state index in [9.17, 15) is 9.59 Å². The van der Waals surface area contributed by atoms with E-state index in [-0.39, 0.29) is 18.2 Å². The van der Waals surface area contributed by atoms with E-state index in [1.807, 2.05) is 48.5 Å². The summed E-state index contributed by atoms with van der Waals surface area (Å²) >= 11 is 0. The summed E-state index contributed by atoms with van der Waals surface area (Å²) in [6.07, 6.45) is 0.953. The fourth-order valence-electron chi connectivity index (χ4n) is 3.29. The number of carbonyl (C=O) groups is 2. The van der Waals surface area contributed by atoms with E-state index >= 15 is 0 Å².